The molecule has 0 amide bonds. The minimum absolute atomic E-state index is 0.351. The Hall–Kier alpha value is -1.19. The van der Waals surface area contributed by atoms with Crippen LogP contribution in [-0.4, -0.2) is 5.16 Å². The Morgan fingerprint density at radius 3 is 2.55 bits per heavy atom. The molecule has 1 aliphatic rings. The summed E-state index contributed by atoms with van der Waals surface area (Å²) < 4.78 is 5.23. The molecule has 20 heavy (non-hydrogen) atoms. The predicted octanol–water partition coefficient (Wildman–Crippen LogP) is 5.28. The van der Waals surface area contributed by atoms with E-state index < -0.39 is 0 Å². The quantitative estimate of drug-likeness (QED) is 0.821. The summed E-state index contributed by atoms with van der Waals surface area (Å²) in [5, 5.41) is 5.24. The fraction of sp³-hybridized carbons (Fsp3) is 0.400. The number of nitrogens with zero attached hydrogens (tertiary/aromatic N) is 1. The lowest BCUT2D eigenvalue weighted by Crippen LogP contribution is -2.06. The molecular weight excluding hydrogens is 295 g/mol. The average molecular weight is 311 g/mol. The predicted molar refractivity (Wildman–Crippen MR) is 82.2 cm³/mol. The molecule has 0 unspecified atom stereocenters. The fourth-order valence-corrected chi connectivity index (χ4v) is 3.21. The minimum atomic E-state index is 0.351. The van der Waals surface area contributed by atoms with Crippen LogP contribution in [-0.2, 0) is 0 Å². The van der Waals surface area contributed by atoms with Crippen LogP contribution in [0.4, 0.5) is 5.88 Å². The Morgan fingerprint density at radius 2 is 1.85 bits per heavy atom. The van der Waals surface area contributed by atoms with Crippen molar-refractivity contribution in [2.24, 2.45) is 0 Å². The van der Waals surface area contributed by atoms with E-state index in [1.807, 2.05) is 12.1 Å². The number of benzene rings is 1. The molecule has 0 bridgehead atoms. The van der Waals surface area contributed by atoms with E-state index in [0.29, 0.717) is 21.8 Å². The van der Waals surface area contributed by atoms with Crippen LogP contribution in [0.25, 0.3) is 11.1 Å². The van der Waals surface area contributed by atoms with Crippen molar-refractivity contribution >= 4 is 29.1 Å². The van der Waals surface area contributed by atoms with E-state index in [-0.39, 0.29) is 0 Å². The molecule has 3 nitrogen and oxygen atoms in total. The molecule has 0 spiro atoms. The van der Waals surface area contributed by atoms with E-state index in [0.717, 1.165) is 29.7 Å². The van der Waals surface area contributed by atoms with E-state index >= 15 is 0 Å². The summed E-state index contributed by atoms with van der Waals surface area (Å²) >= 11 is 12.1. The largest absolute Gasteiger partial charge is 0.367 e. The van der Waals surface area contributed by atoms with Crippen LogP contribution in [0.15, 0.2) is 22.7 Å². The van der Waals surface area contributed by atoms with Crippen LogP contribution < -0.4 is 5.73 Å². The second kappa shape index (κ2) is 5.66. The highest BCUT2D eigenvalue weighted by molar-refractivity contribution is 6.42. The first-order valence-corrected chi connectivity index (χ1v) is 7.63. The molecule has 1 aliphatic carbocycles. The van der Waals surface area contributed by atoms with Gasteiger partial charge in [0.15, 0.2) is 0 Å². The van der Waals surface area contributed by atoms with Crippen molar-refractivity contribution in [2.75, 3.05) is 5.73 Å². The number of hydrogen-bond donors (Lipinski definition) is 1. The number of hydrogen-bond acceptors (Lipinski definition) is 3. The standard InChI is InChI=1S/C15H16Cl2N2O/c16-11-7-6-10(8-12(11)17)13-14(19-20-15(13)18)9-4-2-1-3-5-9/h6-9H,1-5,18H2. The Bertz CT molecular complexity index is 618. The first kappa shape index (κ1) is 13.8. The van der Waals surface area contributed by atoms with Gasteiger partial charge in [0.1, 0.15) is 0 Å². The van der Waals surface area contributed by atoms with Gasteiger partial charge in [-0.3, -0.25) is 0 Å². The molecule has 1 fully saturated rings. The van der Waals surface area contributed by atoms with Crippen molar-refractivity contribution < 1.29 is 4.52 Å². The van der Waals surface area contributed by atoms with Crippen LogP contribution in [0.2, 0.25) is 10.0 Å². The van der Waals surface area contributed by atoms with Crippen molar-refractivity contribution in [1.29, 1.82) is 0 Å². The third-order valence-electron chi connectivity index (χ3n) is 3.95. The van der Waals surface area contributed by atoms with Gasteiger partial charge in [-0.2, -0.15) is 0 Å². The number of nitrogens with two attached hydrogens (primary N) is 1. The third-order valence-corrected chi connectivity index (χ3v) is 4.68. The van der Waals surface area contributed by atoms with E-state index in [9.17, 15) is 0 Å². The topological polar surface area (TPSA) is 52.0 Å². The summed E-state index contributed by atoms with van der Waals surface area (Å²) in [6.45, 7) is 0. The lowest BCUT2D eigenvalue weighted by atomic mass is 9.84. The van der Waals surface area contributed by atoms with Gasteiger partial charge in [0.2, 0.25) is 5.88 Å². The first-order valence-electron chi connectivity index (χ1n) is 6.87. The SMILES string of the molecule is Nc1onc(C2CCCCC2)c1-c1ccc(Cl)c(Cl)c1. The Labute approximate surface area is 128 Å². The van der Waals surface area contributed by atoms with Gasteiger partial charge < -0.3 is 10.3 Å². The van der Waals surface area contributed by atoms with E-state index in [1.54, 1.807) is 6.07 Å². The molecule has 1 aromatic heterocycles. The van der Waals surface area contributed by atoms with Gasteiger partial charge in [-0.25, -0.2) is 0 Å². The van der Waals surface area contributed by atoms with Gasteiger partial charge in [-0.15, -0.1) is 0 Å². The number of halogens is 2. The zero-order valence-corrected chi connectivity index (χ0v) is 12.5. The van der Waals surface area contributed by atoms with Crippen LogP contribution in [0.3, 0.4) is 0 Å². The first-order chi connectivity index (χ1) is 9.66. The van der Waals surface area contributed by atoms with E-state index in [1.165, 1.54) is 19.3 Å². The minimum Gasteiger partial charge on any atom is -0.367 e. The van der Waals surface area contributed by atoms with Gasteiger partial charge in [0, 0.05) is 5.92 Å². The summed E-state index contributed by atoms with van der Waals surface area (Å²) in [4.78, 5) is 0. The van der Waals surface area contributed by atoms with E-state index in [2.05, 4.69) is 5.16 Å². The Morgan fingerprint density at radius 1 is 1.10 bits per heavy atom. The molecule has 5 heteroatoms. The number of nitrogen functional groups attached to an aromatic ring is 1. The van der Waals surface area contributed by atoms with Crippen molar-refractivity contribution in [3.05, 3.63) is 33.9 Å². The number of aromatic nitrogens is 1. The molecule has 0 aliphatic heterocycles. The molecule has 106 valence electrons. The molecule has 0 atom stereocenters. The summed E-state index contributed by atoms with van der Waals surface area (Å²) in [6.07, 6.45) is 6.04. The molecule has 2 aromatic rings. The monoisotopic (exact) mass is 310 g/mol. The Kier molecular flexibility index (Phi) is 3.90. The highest BCUT2D eigenvalue weighted by atomic mass is 35.5. The molecular formula is C15H16Cl2N2O. The smallest absolute Gasteiger partial charge is 0.230 e. The maximum atomic E-state index is 6.10. The zero-order valence-electron chi connectivity index (χ0n) is 11.0. The van der Waals surface area contributed by atoms with Crippen LogP contribution in [0.1, 0.15) is 43.7 Å². The van der Waals surface area contributed by atoms with Crippen molar-refractivity contribution in [3.8, 4) is 11.1 Å². The Balaban J connectivity index is 2.03. The van der Waals surface area contributed by atoms with Gasteiger partial charge >= 0.3 is 0 Å². The fourth-order valence-electron chi connectivity index (χ4n) is 2.91. The van der Waals surface area contributed by atoms with E-state index in [4.69, 9.17) is 33.5 Å². The molecule has 2 N–H and O–H groups in total. The van der Waals surface area contributed by atoms with Crippen molar-refractivity contribution in [1.82, 2.24) is 5.16 Å². The second-order valence-electron chi connectivity index (χ2n) is 5.27. The molecule has 1 saturated carbocycles. The average Bonchev–Trinajstić information content (AvgIpc) is 2.85. The van der Waals surface area contributed by atoms with Crippen molar-refractivity contribution in [2.45, 2.75) is 38.0 Å². The van der Waals surface area contributed by atoms with Gasteiger partial charge in [-0.05, 0) is 30.5 Å². The van der Waals surface area contributed by atoms with Crippen LogP contribution in [0, 0.1) is 0 Å². The molecule has 1 aromatic carbocycles. The molecule has 0 radical (unpaired) electrons. The molecule has 3 rings (SSSR count). The van der Waals surface area contributed by atoms with Gasteiger partial charge in [0.05, 0.1) is 21.3 Å². The molecule has 1 heterocycles. The number of rotatable bonds is 2. The second-order valence-corrected chi connectivity index (χ2v) is 6.09. The maximum Gasteiger partial charge on any atom is 0.230 e. The summed E-state index contributed by atoms with van der Waals surface area (Å²) in [5.74, 6) is 0.776. The lowest BCUT2D eigenvalue weighted by molar-refractivity contribution is 0.388. The van der Waals surface area contributed by atoms with Crippen molar-refractivity contribution in [3.63, 3.8) is 0 Å². The zero-order chi connectivity index (χ0) is 14.1. The highest BCUT2D eigenvalue weighted by Gasteiger charge is 2.25. The summed E-state index contributed by atoms with van der Waals surface area (Å²) in [7, 11) is 0. The van der Waals surface area contributed by atoms with Gasteiger partial charge in [-0.1, -0.05) is 53.7 Å². The van der Waals surface area contributed by atoms with Crippen LogP contribution in [0.5, 0.6) is 0 Å². The van der Waals surface area contributed by atoms with Crippen LogP contribution >= 0.6 is 23.2 Å². The van der Waals surface area contributed by atoms with Gasteiger partial charge in [0.25, 0.3) is 0 Å². The summed E-state index contributed by atoms with van der Waals surface area (Å²) in [5.41, 5.74) is 8.71. The summed E-state index contributed by atoms with van der Waals surface area (Å²) in [6, 6.07) is 5.50. The number of anilines is 1. The highest BCUT2D eigenvalue weighted by Crippen LogP contribution is 2.41. The maximum absolute atomic E-state index is 6.10. The third kappa shape index (κ3) is 2.52. The molecule has 0 saturated heterocycles. The normalized spacial score (nSPS) is 16.5. The lowest BCUT2D eigenvalue weighted by Gasteiger charge is -2.20.